The number of carbonyl (C=O) groups is 1. The van der Waals surface area contributed by atoms with E-state index >= 15 is 0 Å². The zero-order chi connectivity index (χ0) is 13.5. The predicted octanol–water partition coefficient (Wildman–Crippen LogP) is 1.22. The summed E-state index contributed by atoms with van der Waals surface area (Å²) in [5.41, 5.74) is 6.74. The largest absolute Gasteiger partial charge is 0.481 e. The number of hydrogen-bond acceptors (Lipinski definition) is 3. The van der Waals surface area contributed by atoms with E-state index in [4.69, 9.17) is 16.9 Å². The Kier molecular flexibility index (Phi) is 5.22. The van der Waals surface area contributed by atoms with E-state index < -0.39 is 6.10 Å². The predicted molar refractivity (Wildman–Crippen MR) is 71.0 cm³/mol. The number of benzene rings is 1. The first kappa shape index (κ1) is 14.1. The van der Waals surface area contributed by atoms with E-state index in [0.717, 1.165) is 5.56 Å². The summed E-state index contributed by atoms with van der Waals surface area (Å²) in [5.74, 6) is 2.72. The molecule has 4 nitrogen and oxygen atoms in total. The first-order valence-corrected chi connectivity index (χ1v) is 5.78. The fourth-order valence-electron chi connectivity index (χ4n) is 1.41. The number of nitrogens with one attached hydrogen (secondary N) is 1. The van der Waals surface area contributed by atoms with Crippen molar-refractivity contribution in [2.24, 2.45) is 5.73 Å². The van der Waals surface area contributed by atoms with Gasteiger partial charge in [0.2, 0.25) is 0 Å². The zero-order valence-corrected chi connectivity index (χ0v) is 10.6. The molecule has 0 saturated heterocycles. The second kappa shape index (κ2) is 6.67. The lowest BCUT2D eigenvalue weighted by Gasteiger charge is -2.15. The lowest BCUT2D eigenvalue weighted by atomic mass is 10.1. The van der Waals surface area contributed by atoms with E-state index in [9.17, 15) is 4.79 Å². The molecule has 1 rings (SSSR count). The van der Waals surface area contributed by atoms with Crippen molar-refractivity contribution in [1.82, 2.24) is 5.32 Å². The van der Waals surface area contributed by atoms with Gasteiger partial charge in [-0.1, -0.05) is 18.1 Å². The minimum atomic E-state index is -0.596. The number of nitrogens with two attached hydrogens (primary N) is 1. The summed E-state index contributed by atoms with van der Waals surface area (Å²) in [6.45, 7) is 3.76. The highest BCUT2D eigenvalue weighted by Gasteiger charge is 2.13. The van der Waals surface area contributed by atoms with Crippen molar-refractivity contribution in [2.75, 3.05) is 6.54 Å². The first-order valence-electron chi connectivity index (χ1n) is 5.78. The Labute approximate surface area is 108 Å². The highest BCUT2D eigenvalue weighted by Crippen LogP contribution is 2.18. The van der Waals surface area contributed by atoms with Crippen LogP contribution in [0.15, 0.2) is 24.3 Å². The lowest BCUT2D eigenvalue weighted by molar-refractivity contribution is -0.126. The van der Waals surface area contributed by atoms with E-state index in [1.54, 1.807) is 13.0 Å². The second-order valence-corrected chi connectivity index (χ2v) is 4.04. The Balaban J connectivity index is 2.64. The van der Waals surface area contributed by atoms with Crippen molar-refractivity contribution in [2.45, 2.75) is 26.0 Å². The number of ether oxygens (including phenoxy) is 1. The molecule has 18 heavy (non-hydrogen) atoms. The molecule has 0 aliphatic rings. The van der Waals surface area contributed by atoms with Crippen LogP contribution >= 0.6 is 0 Å². The Bertz CT molecular complexity index is 449. The van der Waals surface area contributed by atoms with E-state index in [-0.39, 0.29) is 18.5 Å². The van der Waals surface area contributed by atoms with E-state index in [0.29, 0.717) is 5.75 Å². The molecule has 96 valence electrons. The van der Waals surface area contributed by atoms with Crippen LogP contribution in [0.4, 0.5) is 0 Å². The minimum Gasteiger partial charge on any atom is -0.481 e. The molecule has 0 radical (unpaired) electrons. The van der Waals surface area contributed by atoms with Gasteiger partial charge in [0, 0.05) is 6.04 Å². The third kappa shape index (κ3) is 4.11. The Hall–Kier alpha value is -1.99. The molecule has 1 amide bonds. The van der Waals surface area contributed by atoms with Crippen molar-refractivity contribution in [3.05, 3.63) is 29.8 Å². The Morgan fingerprint density at radius 2 is 2.28 bits per heavy atom. The van der Waals surface area contributed by atoms with Gasteiger partial charge < -0.3 is 15.8 Å². The van der Waals surface area contributed by atoms with Gasteiger partial charge in [0.05, 0.1) is 6.54 Å². The van der Waals surface area contributed by atoms with Crippen LogP contribution in [-0.4, -0.2) is 18.6 Å². The van der Waals surface area contributed by atoms with Crippen LogP contribution in [0, 0.1) is 12.3 Å². The van der Waals surface area contributed by atoms with Gasteiger partial charge >= 0.3 is 0 Å². The number of terminal acetylenes is 1. The molecule has 4 heteroatoms. The normalized spacial score (nSPS) is 13.2. The summed E-state index contributed by atoms with van der Waals surface area (Å²) in [6, 6.07) is 7.31. The number of rotatable bonds is 5. The fourth-order valence-corrected chi connectivity index (χ4v) is 1.41. The summed E-state index contributed by atoms with van der Waals surface area (Å²) in [6.07, 6.45) is 4.47. The third-order valence-corrected chi connectivity index (χ3v) is 2.43. The van der Waals surface area contributed by atoms with Crippen LogP contribution < -0.4 is 15.8 Å². The molecule has 0 aromatic heterocycles. The first-order chi connectivity index (χ1) is 8.54. The third-order valence-electron chi connectivity index (χ3n) is 2.43. The van der Waals surface area contributed by atoms with Gasteiger partial charge in [-0.05, 0) is 31.5 Å². The van der Waals surface area contributed by atoms with Crippen LogP contribution in [-0.2, 0) is 4.79 Å². The van der Waals surface area contributed by atoms with Crippen molar-refractivity contribution in [3.8, 4) is 18.1 Å². The molecule has 0 heterocycles. The minimum absolute atomic E-state index is 0.0703. The maximum absolute atomic E-state index is 11.6. The van der Waals surface area contributed by atoms with Gasteiger partial charge in [-0.3, -0.25) is 4.79 Å². The maximum atomic E-state index is 11.6. The molecule has 0 bridgehead atoms. The second-order valence-electron chi connectivity index (χ2n) is 4.04. The summed E-state index contributed by atoms with van der Waals surface area (Å²) < 4.78 is 5.53. The Morgan fingerprint density at radius 1 is 1.56 bits per heavy atom. The van der Waals surface area contributed by atoms with Gasteiger partial charge in [0.25, 0.3) is 5.91 Å². The molecule has 0 saturated carbocycles. The molecule has 1 aromatic rings. The number of carbonyl (C=O) groups excluding carboxylic acids is 1. The number of hydrogen-bond donors (Lipinski definition) is 2. The smallest absolute Gasteiger partial charge is 0.261 e. The molecule has 0 spiro atoms. The SMILES string of the molecule is C#CCNC(=O)C(C)Oc1cccc([C@@H](C)N)c1. The zero-order valence-electron chi connectivity index (χ0n) is 10.6. The van der Waals surface area contributed by atoms with Gasteiger partial charge in [-0.2, -0.15) is 0 Å². The lowest BCUT2D eigenvalue weighted by Crippen LogP contribution is -2.36. The van der Waals surface area contributed by atoms with Crippen LogP contribution in [0.25, 0.3) is 0 Å². The number of amides is 1. The molecule has 3 N–H and O–H groups in total. The van der Waals surface area contributed by atoms with Crippen molar-refractivity contribution >= 4 is 5.91 Å². The quantitative estimate of drug-likeness (QED) is 0.768. The molecule has 2 atom stereocenters. The molecular formula is C14H18N2O2. The average Bonchev–Trinajstić information content (AvgIpc) is 2.36. The highest BCUT2D eigenvalue weighted by molar-refractivity contribution is 5.80. The van der Waals surface area contributed by atoms with Gasteiger partial charge in [0.1, 0.15) is 5.75 Å². The van der Waals surface area contributed by atoms with Crippen molar-refractivity contribution in [1.29, 1.82) is 0 Å². The summed E-state index contributed by atoms with van der Waals surface area (Å²) >= 11 is 0. The fraction of sp³-hybridized carbons (Fsp3) is 0.357. The van der Waals surface area contributed by atoms with Gasteiger partial charge in [0.15, 0.2) is 6.10 Å². The van der Waals surface area contributed by atoms with Crippen LogP contribution in [0.2, 0.25) is 0 Å². The topological polar surface area (TPSA) is 64.3 Å². The molecule has 0 aliphatic carbocycles. The molecule has 0 aliphatic heterocycles. The molecular weight excluding hydrogens is 228 g/mol. The Morgan fingerprint density at radius 3 is 2.89 bits per heavy atom. The molecule has 1 aromatic carbocycles. The van der Waals surface area contributed by atoms with Gasteiger partial charge in [-0.15, -0.1) is 6.42 Å². The summed E-state index contributed by atoms with van der Waals surface area (Å²) in [7, 11) is 0. The van der Waals surface area contributed by atoms with E-state index in [2.05, 4.69) is 11.2 Å². The van der Waals surface area contributed by atoms with Crippen LogP contribution in [0.3, 0.4) is 0 Å². The summed E-state index contributed by atoms with van der Waals surface area (Å²) in [4.78, 5) is 11.6. The standard InChI is InChI=1S/C14H18N2O2/c1-4-8-16-14(17)11(3)18-13-7-5-6-12(9-13)10(2)15/h1,5-7,9-11H,8,15H2,2-3H3,(H,16,17)/t10-,11?/m1/s1. The molecule has 0 fully saturated rings. The van der Waals surface area contributed by atoms with E-state index in [1.165, 1.54) is 0 Å². The molecule has 1 unspecified atom stereocenters. The average molecular weight is 246 g/mol. The van der Waals surface area contributed by atoms with Crippen molar-refractivity contribution < 1.29 is 9.53 Å². The monoisotopic (exact) mass is 246 g/mol. The van der Waals surface area contributed by atoms with E-state index in [1.807, 2.05) is 25.1 Å². The maximum Gasteiger partial charge on any atom is 0.261 e. The highest BCUT2D eigenvalue weighted by atomic mass is 16.5. The van der Waals surface area contributed by atoms with Crippen molar-refractivity contribution in [3.63, 3.8) is 0 Å². The van der Waals surface area contributed by atoms with Crippen LogP contribution in [0.1, 0.15) is 25.5 Å². The summed E-state index contributed by atoms with van der Waals surface area (Å²) in [5, 5.41) is 2.56. The van der Waals surface area contributed by atoms with Crippen LogP contribution in [0.5, 0.6) is 5.75 Å². The van der Waals surface area contributed by atoms with Gasteiger partial charge in [-0.25, -0.2) is 0 Å².